The molecular formula is C36H70O14. The SMILES string of the molecule is CCCCCCCCCCOC[C@@H](O[C@@H]1O[C@H](CO)[C@@H](O)[C@H](O)[C@H]1O)[C@@H](CO[C@@H]1O[C@H](CO)[C@@H](O)[C@H](O)[C@H]1O)OCCCCCCCCCC. The van der Waals surface area contributed by atoms with E-state index in [1.54, 1.807) is 0 Å². The van der Waals surface area contributed by atoms with Gasteiger partial charge >= 0.3 is 0 Å². The molecular weight excluding hydrogens is 656 g/mol. The van der Waals surface area contributed by atoms with E-state index in [-0.39, 0.29) is 13.2 Å². The molecule has 2 rings (SSSR count). The number of hydrogen-bond acceptors (Lipinski definition) is 14. The second kappa shape index (κ2) is 27.1. The van der Waals surface area contributed by atoms with E-state index in [9.17, 15) is 40.9 Å². The minimum Gasteiger partial charge on any atom is -0.394 e. The van der Waals surface area contributed by atoms with E-state index in [1.165, 1.54) is 57.8 Å². The Morgan fingerprint density at radius 1 is 0.480 bits per heavy atom. The van der Waals surface area contributed by atoms with Crippen molar-refractivity contribution in [1.82, 2.24) is 0 Å². The van der Waals surface area contributed by atoms with E-state index in [0.29, 0.717) is 13.2 Å². The molecule has 2 fully saturated rings. The zero-order valence-electron chi connectivity index (χ0n) is 30.5. The molecule has 298 valence electrons. The lowest BCUT2D eigenvalue weighted by atomic mass is 9.99. The van der Waals surface area contributed by atoms with Crippen LogP contribution < -0.4 is 0 Å². The van der Waals surface area contributed by atoms with Crippen LogP contribution in [-0.2, 0) is 28.4 Å². The summed E-state index contributed by atoms with van der Waals surface area (Å²) >= 11 is 0. The Morgan fingerprint density at radius 3 is 1.42 bits per heavy atom. The van der Waals surface area contributed by atoms with Crippen molar-refractivity contribution >= 4 is 0 Å². The Hall–Kier alpha value is -0.560. The summed E-state index contributed by atoms with van der Waals surface area (Å²) in [4.78, 5) is 0. The molecule has 0 aromatic carbocycles. The maximum absolute atomic E-state index is 10.7. The fourth-order valence-electron chi connectivity index (χ4n) is 6.25. The molecule has 0 amide bonds. The molecule has 0 aromatic heterocycles. The van der Waals surface area contributed by atoms with E-state index in [4.69, 9.17) is 28.4 Å². The van der Waals surface area contributed by atoms with E-state index in [1.807, 2.05) is 0 Å². The summed E-state index contributed by atoms with van der Waals surface area (Å²) in [5.74, 6) is 0. The maximum atomic E-state index is 10.7. The second-order valence-electron chi connectivity index (χ2n) is 13.8. The first-order valence-electron chi connectivity index (χ1n) is 19.3. The van der Waals surface area contributed by atoms with Gasteiger partial charge in [-0.25, -0.2) is 0 Å². The minimum atomic E-state index is -1.65. The molecule has 0 saturated carbocycles. The third kappa shape index (κ3) is 16.2. The standard InChI is InChI=1S/C36H70O14/c1-3-5-7-9-11-13-15-17-19-45-23-28(50-36-34(44)32(42)30(40)26(22-38)49-36)27(46-20-18-16-14-12-10-8-6-4-2)24-47-35-33(43)31(41)29(39)25(21-37)48-35/h25-44H,3-24H2,1-2H3/t25-,26-,27-,28-,29-,30-,31+,32+,33-,34-,35-,36+/m1/s1. The van der Waals surface area contributed by atoms with Gasteiger partial charge in [-0.3, -0.25) is 0 Å². The smallest absolute Gasteiger partial charge is 0.187 e. The number of aliphatic hydroxyl groups excluding tert-OH is 8. The average molecular weight is 727 g/mol. The molecule has 0 bridgehead atoms. The second-order valence-corrected chi connectivity index (χ2v) is 13.8. The van der Waals surface area contributed by atoms with Crippen molar-refractivity contribution < 1.29 is 69.3 Å². The van der Waals surface area contributed by atoms with Gasteiger partial charge in [-0.05, 0) is 12.8 Å². The number of aliphatic hydroxyl groups is 8. The minimum absolute atomic E-state index is 0.0222. The number of rotatable bonds is 29. The van der Waals surface area contributed by atoms with E-state index >= 15 is 0 Å². The van der Waals surface area contributed by atoms with Crippen molar-refractivity contribution in [2.45, 2.75) is 190 Å². The van der Waals surface area contributed by atoms with Gasteiger partial charge in [-0.2, -0.15) is 0 Å². The number of ether oxygens (including phenoxy) is 6. The molecule has 0 aromatic rings. The van der Waals surface area contributed by atoms with Crippen LogP contribution in [-0.4, -0.2) is 154 Å². The molecule has 0 spiro atoms. The first-order chi connectivity index (χ1) is 24.2. The monoisotopic (exact) mass is 726 g/mol. The molecule has 50 heavy (non-hydrogen) atoms. The first-order valence-corrected chi connectivity index (χ1v) is 19.3. The van der Waals surface area contributed by atoms with Crippen LogP contribution in [0.1, 0.15) is 117 Å². The Morgan fingerprint density at radius 2 is 0.920 bits per heavy atom. The van der Waals surface area contributed by atoms with Crippen molar-refractivity contribution in [3.63, 3.8) is 0 Å². The highest BCUT2D eigenvalue weighted by Gasteiger charge is 2.47. The van der Waals surface area contributed by atoms with Gasteiger partial charge in [-0.15, -0.1) is 0 Å². The van der Waals surface area contributed by atoms with Crippen LogP contribution in [0.15, 0.2) is 0 Å². The Balaban J connectivity index is 2.12. The summed E-state index contributed by atoms with van der Waals surface area (Å²) in [7, 11) is 0. The molecule has 2 aliphatic rings. The van der Waals surface area contributed by atoms with Gasteiger partial charge in [0.1, 0.15) is 61.0 Å². The van der Waals surface area contributed by atoms with Crippen LogP contribution >= 0.6 is 0 Å². The Labute approximate surface area is 299 Å². The largest absolute Gasteiger partial charge is 0.394 e. The highest BCUT2D eigenvalue weighted by molar-refractivity contribution is 4.91. The molecule has 2 saturated heterocycles. The molecule has 0 radical (unpaired) electrons. The molecule has 2 heterocycles. The third-order valence-electron chi connectivity index (χ3n) is 9.60. The summed E-state index contributed by atoms with van der Waals surface area (Å²) in [6.45, 7) is 3.63. The van der Waals surface area contributed by atoms with Gasteiger partial charge in [0.2, 0.25) is 0 Å². The average Bonchev–Trinajstić information content (AvgIpc) is 3.12. The Kier molecular flexibility index (Phi) is 24.7. The van der Waals surface area contributed by atoms with Crippen molar-refractivity contribution in [1.29, 1.82) is 0 Å². The summed E-state index contributed by atoms with van der Waals surface area (Å²) in [6, 6.07) is 0. The molecule has 2 aliphatic heterocycles. The fraction of sp³-hybridized carbons (Fsp3) is 1.00. The van der Waals surface area contributed by atoms with Crippen molar-refractivity contribution in [2.24, 2.45) is 0 Å². The van der Waals surface area contributed by atoms with Gasteiger partial charge in [0.05, 0.1) is 26.4 Å². The zero-order valence-corrected chi connectivity index (χ0v) is 30.5. The number of unbranched alkanes of at least 4 members (excludes halogenated alkanes) is 14. The lowest BCUT2D eigenvalue weighted by molar-refractivity contribution is -0.329. The van der Waals surface area contributed by atoms with E-state index in [2.05, 4.69) is 13.8 Å². The van der Waals surface area contributed by atoms with Gasteiger partial charge in [0.25, 0.3) is 0 Å². The molecule has 14 nitrogen and oxygen atoms in total. The van der Waals surface area contributed by atoms with Crippen molar-refractivity contribution in [3.8, 4) is 0 Å². The predicted molar refractivity (Wildman–Crippen MR) is 184 cm³/mol. The van der Waals surface area contributed by atoms with E-state index in [0.717, 1.165) is 44.9 Å². The van der Waals surface area contributed by atoms with Gasteiger partial charge in [0.15, 0.2) is 12.6 Å². The van der Waals surface area contributed by atoms with Gasteiger partial charge < -0.3 is 69.3 Å². The molecule has 0 unspecified atom stereocenters. The van der Waals surface area contributed by atoms with E-state index < -0.39 is 86.8 Å². The first kappa shape index (κ1) is 45.6. The summed E-state index contributed by atoms with van der Waals surface area (Å²) in [5, 5.41) is 81.8. The predicted octanol–water partition coefficient (Wildman–Crippen LogP) is 1.67. The lowest BCUT2D eigenvalue weighted by Crippen LogP contribution is -2.61. The molecule has 12 atom stereocenters. The third-order valence-corrected chi connectivity index (χ3v) is 9.60. The topological polar surface area (TPSA) is 217 Å². The normalized spacial score (nSPS) is 31.6. The van der Waals surface area contributed by atoms with Crippen LogP contribution in [0.5, 0.6) is 0 Å². The summed E-state index contributed by atoms with van der Waals surface area (Å²) in [6.07, 6.45) is 1.05. The lowest BCUT2D eigenvalue weighted by Gasteiger charge is -2.42. The van der Waals surface area contributed by atoms with Crippen LogP contribution in [0.2, 0.25) is 0 Å². The number of hydrogen-bond donors (Lipinski definition) is 8. The maximum Gasteiger partial charge on any atom is 0.187 e. The highest BCUT2D eigenvalue weighted by Crippen LogP contribution is 2.26. The van der Waals surface area contributed by atoms with Crippen molar-refractivity contribution in [3.05, 3.63) is 0 Å². The summed E-state index contributed by atoms with van der Waals surface area (Å²) in [5.41, 5.74) is 0. The zero-order chi connectivity index (χ0) is 36.7. The molecule has 0 aliphatic carbocycles. The van der Waals surface area contributed by atoms with Crippen LogP contribution in [0.3, 0.4) is 0 Å². The molecule has 8 N–H and O–H groups in total. The molecule has 14 heteroatoms. The Bertz CT molecular complexity index is 807. The van der Waals surface area contributed by atoms with Crippen molar-refractivity contribution in [2.75, 3.05) is 39.6 Å². The highest BCUT2D eigenvalue weighted by atomic mass is 16.7. The summed E-state index contributed by atoms with van der Waals surface area (Å²) < 4.78 is 35.5. The quantitative estimate of drug-likeness (QED) is 0.0515. The van der Waals surface area contributed by atoms with Crippen LogP contribution in [0.25, 0.3) is 0 Å². The van der Waals surface area contributed by atoms with Crippen LogP contribution in [0.4, 0.5) is 0 Å². The van der Waals surface area contributed by atoms with Gasteiger partial charge in [0, 0.05) is 13.2 Å². The van der Waals surface area contributed by atoms with Gasteiger partial charge in [-0.1, -0.05) is 104 Å². The van der Waals surface area contributed by atoms with Crippen LogP contribution in [0, 0.1) is 0 Å². The fourth-order valence-corrected chi connectivity index (χ4v) is 6.25.